The molecule has 0 bridgehead atoms. The van der Waals surface area contributed by atoms with Gasteiger partial charge in [0.05, 0.1) is 29.6 Å². The fourth-order valence-electron chi connectivity index (χ4n) is 2.13. The van der Waals surface area contributed by atoms with E-state index in [1.807, 2.05) is 19.1 Å². The molecule has 25 heavy (non-hydrogen) atoms. The van der Waals surface area contributed by atoms with Gasteiger partial charge in [-0.3, -0.25) is 9.59 Å². The average Bonchev–Trinajstić information content (AvgIpc) is 3.17. The Kier molecular flexibility index (Phi) is 7.06. The van der Waals surface area contributed by atoms with Crippen LogP contribution in [0, 0.1) is 6.92 Å². The summed E-state index contributed by atoms with van der Waals surface area (Å²) in [6.07, 6.45) is -0.102. The van der Waals surface area contributed by atoms with Gasteiger partial charge in [-0.2, -0.15) is 0 Å². The third-order valence-electron chi connectivity index (χ3n) is 3.46. The molecule has 2 aromatic rings. The Hall–Kier alpha value is -1.81. The maximum absolute atomic E-state index is 12.0. The summed E-state index contributed by atoms with van der Waals surface area (Å²) in [4.78, 5) is 30.6. The van der Waals surface area contributed by atoms with Gasteiger partial charge in [-0.1, -0.05) is 0 Å². The summed E-state index contributed by atoms with van der Waals surface area (Å²) in [5, 5.41) is 6.13. The summed E-state index contributed by atoms with van der Waals surface area (Å²) in [5.41, 5.74) is 6.38. The first kappa shape index (κ1) is 19.5. The smallest absolute Gasteiger partial charge is 0.228 e. The molecule has 2 amide bonds. The van der Waals surface area contributed by atoms with Crippen LogP contribution in [0.5, 0.6) is 0 Å². The lowest BCUT2D eigenvalue weighted by molar-refractivity contribution is -0.119. The molecule has 0 aromatic carbocycles. The van der Waals surface area contributed by atoms with Crippen molar-refractivity contribution in [3.05, 3.63) is 21.9 Å². The van der Waals surface area contributed by atoms with Gasteiger partial charge in [0.15, 0.2) is 5.13 Å². The lowest BCUT2D eigenvalue weighted by Crippen LogP contribution is -2.28. The molecule has 0 radical (unpaired) electrons. The van der Waals surface area contributed by atoms with E-state index in [1.54, 1.807) is 11.3 Å². The molecule has 2 heterocycles. The van der Waals surface area contributed by atoms with Gasteiger partial charge >= 0.3 is 0 Å². The Morgan fingerprint density at radius 3 is 2.76 bits per heavy atom. The van der Waals surface area contributed by atoms with Gasteiger partial charge in [-0.15, -0.1) is 22.7 Å². The first-order chi connectivity index (χ1) is 11.9. The van der Waals surface area contributed by atoms with Crippen LogP contribution in [-0.2, 0) is 20.9 Å². The Morgan fingerprint density at radius 2 is 2.12 bits per heavy atom. The van der Waals surface area contributed by atoms with Crippen molar-refractivity contribution in [2.24, 2.45) is 5.73 Å². The van der Waals surface area contributed by atoms with Crippen molar-refractivity contribution < 1.29 is 14.3 Å². The van der Waals surface area contributed by atoms with E-state index in [-0.39, 0.29) is 24.3 Å². The standard InChI is InChI=1S/C16H22N4O3S2/c1-9-15(13-5-4-12(25-13)8-18-10(2)21)20-16(24-9)19-14(22)6-11(7-17)23-3/h4-5,11H,6-8,17H2,1-3H3,(H,18,21)(H,19,20,22). The Morgan fingerprint density at radius 1 is 1.36 bits per heavy atom. The number of aromatic nitrogens is 1. The van der Waals surface area contributed by atoms with Gasteiger partial charge in [0.25, 0.3) is 0 Å². The predicted molar refractivity (Wildman–Crippen MR) is 101 cm³/mol. The monoisotopic (exact) mass is 382 g/mol. The number of rotatable bonds is 8. The van der Waals surface area contributed by atoms with Crippen molar-refractivity contribution in [2.45, 2.75) is 32.9 Å². The first-order valence-corrected chi connectivity index (χ1v) is 9.39. The lowest BCUT2D eigenvalue weighted by atomic mass is 10.2. The van der Waals surface area contributed by atoms with Crippen molar-refractivity contribution in [1.29, 1.82) is 0 Å². The third-order valence-corrected chi connectivity index (χ3v) is 5.44. The molecule has 9 heteroatoms. The second kappa shape index (κ2) is 9.04. The largest absolute Gasteiger partial charge is 0.380 e. The topological polar surface area (TPSA) is 106 Å². The highest BCUT2D eigenvalue weighted by Gasteiger charge is 2.16. The van der Waals surface area contributed by atoms with E-state index in [0.717, 1.165) is 20.3 Å². The number of nitrogens with one attached hydrogen (secondary N) is 2. The zero-order chi connectivity index (χ0) is 18.4. The quantitative estimate of drug-likeness (QED) is 0.648. The molecule has 136 valence electrons. The molecule has 7 nitrogen and oxygen atoms in total. The number of ether oxygens (including phenoxy) is 1. The number of carbonyl (C=O) groups excluding carboxylic acids is 2. The molecule has 0 saturated carbocycles. The highest BCUT2D eigenvalue weighted by Crippen LogP contribution is 2.34. The minimum Gasteiger partial charge on any atom is -0.380 e. The zero-order valence-corrected chi connectivity index (χ0v) is 16.1. The summed E-state index contributed by atoms with van der Waals surface area (Å²) in [6.45, 7) is 4.25. The van der Waals surface area contributed by atoms with E-state index in [4.69, 9.17) is 10.5 Å². The molecule has 0 spiro atoms. The number of nitrogens with two attached hydrogens (primary N) is 1. The van der Waals surface area contributed by atoms with Crippen LogP contribution in [0.25, 0.3) is 10.6 Å². The number of thiophene rings is 1. The number of amides is 2. The molecule has 0 aliphatic carbocycles. The van der Waals surface area contributed by atoms with Crippen LogP contribution in [0.3, 0.4) is 0 Å². The van der Waals surface area contributed by atoms with Crippen molar-refractivity contribution in [3.63, 3.8) is 0 Å². The molecular formula is C16H22N4O3S2. The third kappa shape index (κ3) is 5.60. The zero-order valence-electron chi connectivity index (χ0n) is 14.4. The fourth-order valence-corrected chi connectivity index (χ4v) is 4.03. The second-order valence-corrected chi connectivity index (χ2v) is 7.82. The van der Waals surface area contributed by atoms with E-state index in [2.05, 4.69) is 15.6 Å². The van der Waals surface area contributed by atoms with Gasteiger partial charge in [0.2, 0.25) is 11.8 Å². The lowest BCUT2D eigenvalue weighted by Gasteiger charge is -2.11. The highest BCUT2D eigenvalue weighted by molar-refractivity contribution is 7.18. The van der Waals surface area contributed by atoms with Crippen LogP contribution in [-0.4, -0.2) is 36.6 Å². The van der Waals surface area contributed by atoms with Crippen LogP contribution in [0.2, 0.25) is 0 Å². The van der Waals surface area contributed by atoms with Crippen molar-refractivity contribution in [1.82, 2.24) is 10.3 Å². The SMILES string of the molecule is COC(CN)CC(=O)Nc1nc(-c2ccc(CNC(C)=O)s2)c(C)s1. The van der Waals surface area contributed by atoms with Crippen molar-refractivity contribution in [2.75, 3.05) is 19.0 Å². The molecule has 0 fully saturated rings. The van der Waals surface area contributed by atoms with Crippen LogP contribution >= 0.6 is 22.7 Å². The van der Waals surface area contributed by atoms with Crippen LogP contribution in [0.15, 0.2) is 12.1 Å². The van der Waals surface area contributed by atoms with E-state index in [0.29, 0.717) is 18.2 Å². The van der Waals surface area contributed by atoms with Gasteiger partial charge in [0.1, 0.15) is 0 Å². The normalized spacial score (nSPS) is 12.0. The minimum absolute atomic E-state index is 0.0587. The first-order valence-electron chi connectivity index (χ1n) is 7.76. The number of hydrogen-bond donors (Lipinski definition) is 3. The van der Waals surface area contributed by atoms with Gasteiger partial charge in [0, 0.05) is 30.3 Å². The van der Waals surface area contributed by atoms with Crippen molar-refractivity contribution in [3.8, 4) is 10.6 Å². The van der Waals surface area contributed by atoms with Crippen molar-refractivity contribution >= 4 is 39.6 Å². The number of carbonyl (C=O) groups is 2. The number of thiazole rings is 1. The number of methoxy groups -OCH3 is 1. The molecule has 0 saturated heterocycles. The molecular weight excluding hydrogens is 360 g/mol. The Balaban J connectivity index is 2.04. The molecule has 1 unspecified atom stereocenters. The number of nitrogens with zero attached hydrogens (tertiary/aromatic N) is 1. The molecule has 1 atom stereocenters. The minimum atomic E-state index is -0.297. The van der Waals surface area contributed by atoms with Crippen LogP contribution in [0.1, 0.15) is 23.1 Å². The molecule has 2 rings (SSSR count). The second-order valence-electron chi connectivity index (χ2n) is 5.45. The summed E-state index contributed by atoms with van der Waals surface area (Å²) in [6, 6.07) is 3.95. The molecule has 0 aliphatic heterocycles. The van der Waals surface area contributed by atoms with E-state index in [9.17, 15) is 9.59 Å². The fraction of sp³-hybridized carbons (Fsp3) is 0.438. The number of hydrogen-bond acceptors (Lipinski definition) is 7. The molecule has 4 N–H and O–H groups in total. The molecule has 0 aliphatic rings. The Labute approximate surface area is 154 Å². The number of anilines is 1. The van der Waals surface area contributed by atoms with E-state index < -0.39 is 0 Å². The Bertz CT molecular complexity index is 738. The van der Waals surface area contributed by atoms with Crippen LogP contribution in [0.4, 0.5) is 5.13 Å². The van der Waals surface area contributed by atoms with Gasteiger partial charge in [-0.25, -0.2) is 4.98 Å². The maximum atomic E-state index is 12.0. The van der Waals surface area contributed by atoms with Crippen LogP contribution < -0.4 is 16.4 Å². The number of aryl methyl sites for hydroxylation is 1. The van der Waals surface area contributed by atoms with Gasteiger partial charge in [-0.05, 0) is 19.1 Å². The van der Waals surface area contributed by atoms with E-state index in [1.165, 1.54) is 25.4 Å². The van der Waals surface area contributed by atoms with E-state index >= 15 is 0 Å². The average molecular weight is 383 g/mol. The predicted octanol–water partition coefficient (Wildman–Crippen LogP) is 2.12. The molecule has 2 aromatic heterocycles. The summed E-state index contributed by atoms with van der Waals surface area (Å²) < 4.78 is 5.12. The summed E-state index contributed by atoms with van der Waals surface area (Å²) in [5.74, 6) is -0.230. The highest BCUT2D eigenvalue weighted by atomic mass is 32.1. The maximum Gasteiger partial charge on any atom is 0.228 e. The summed E-state index contributed by atoms with van der Waals surface area (Å²) >= 11 is 3.00. The van der Waals surface area contributed by atoms with Gasteiger partial charge < -0.3 is 21.1 Å². The summed E-state index contributed by atoms with van der Waals surface area (Å²) in [7, 11) is 1.53.